The Kier molecular flexibility index (Phi) is 5.50. The van der Waals surface area contributed by atoms with Gasteiger partial charge in [-0.15, -0.1) is 0 Å². The van der Waals surface area contributed by atoms with Crippen LogP contribution >= 0.6 is 0 Å². The van der Waals surface area contributed by atoms with Gasteiger partial charge in [0.15, 0.2) is 5.67 Å². The minimum Gasteiger partial charge on any atom is -0.491 e. The van der Waals surface area contributed by atoms with E-state index in [1.807, 2.05) is 26.0 Å². The molecule has 1 saturated carbocycles. The number of nitrogens with one attached hydrogen (secondary N) is 2. The number of hydrogen-bond acceptors (Lipinski definition) is 5. The first-order valence-corrected chi connectivity index (χ1v) is 10.3. The van der Waals surface area contributed by atoms with Gasteiger partial charge in [0.1, 0.15) is 18.7 Å². The maximum Gasteiger partial charge on any atom is 0.262 e. The molecule has 1 saturated heterocycles. The lowest BCUT2D eigenvalue weighted by Crippen LogP contribution is -2.38. The van der Waals surface area contributed by atoms with E-state index >= 15 is 0 Å². The van der Waals surface area contributed by atoms with E-state index in [4.69, 9.17) is 4.74 Å². The van der Waals surface area contributed by atoms with Gasteiger partial charge in [0.05, 0.1) is 0 Å². The average molecular weight is 398 g/mol. The van der Waals surface area contributed by atoms with Crippen molar-refractivity contribution in [2.75, 3.05) is 18.5 Å². The molecule has 4 rings (SSSR count). The molecule has 1 aliphatic heterocycles. The lowest BCUT2D eigenvalue weighted by Gasteiger charge is -2.24. The standard InChI is InChI=1S/C22H27FN4O2/c1-14-20(15(2)26-13-25-14)18-11-16(27-21(28)22(23)8-9-22)6-7-19(18)29-12-17-5-3-4-10-24-17/h6-7,11,13,17,24H,3-5,8-10,12H2,1-2H3,(H,27,28)/t17-/m1/s1. The molecule has 1 aromatic carbocycles. The number of ether oxygens (including phenoxy) is 1. The Morgan fingerprint density at radius 1 is 1.28 bits per heavy atom. The fraction of sp³-hybridized carbons (Fsp3) is 0.500. The summed E-state index contributed by atoms with van der Waals surface area (Å²) in [5, 5.41) is 6.19. The fourth-order valence-electron chi connectivity index (χ4n) is 3.75. The predicted molar refractivity (Wildman–Crippen MR) is 110 cm³/mol. The van der Waals surface area contributed by atoms with Gasteiger partial charge in [0.25, 0.3) is 5.91 Å². The number of rotatable bonds is 6. The van der Waals surface area contributed by atoms with Crippen molar-refractivity contribution >= 4 is 11.6 Å². The number of aryl methyl sites for hydroxylation is 2. The molecule has 2 N–H and O–H groups in total. The highest BCUT2D eigenvalue weighted by Gasteiger charge is 2.50. The van der Waals surface area contributed by atoms with Gasteiger partial charge in [-0.2, -0.15) is 0 Å². The third-order valence-electron chi connectivity index (χ3n) is 5.68. The van der Waals surface area contributed by atoms with Crippen molar-refractivity contribution in [1.82, 2.24) is 15.3 Å². The van der Waals surface area contributed by atoms with Crippen LogP contribution in [0.5, 0.6) is 5.75 Å². The number of piperidine rings is 1. The number of benzene rings is 1. The van der Waals surface area contributed by atoms with E-state index in [0.29, 0.717) is 24.1 Å². The number of carbonyl (C=O) groups is 1. The number of halogens is 1. The Hall–Kier alpha value is -2.54. The first-order chi connectivity index (χ1) is 14.0. The SMILES string of the molecule is Cc1ncnc(C)c1-c1cc(NC(=O)C2(F)CC2)ccc1OC[C@H]1CCCCN1. The van der Waals surface area contributed by atoms with Gasteiger partial charge in [-0.3, -0.25) is 4.79 Å². The summed E-state index contributed by atoms with van der Waals surface area (Å²) in [6, 6.07) is 5.74. The van der Waals surface area contributed by atoms with Gasteiger partial charge in [0, 0.05) is 34.2 Å². The molecule has 2 aliphatic rings. The van der Waals surface area contributed by atoms with Gasteiger partial charge >= 0.3 is 0 Å². The van der Waals surface area contributed by atoms with E-state index in [-0.39, 0.29) is 12.8 Å². The summed E-state index contributed by atoms with van der Waals surface area (Å²) in [5.74, 6) is 0.124. The third kappa shape index (κ3) is 4.40. The van der Waals surface area contributed by atoms with Crippen LogP contribution in [0.15, 0.2) is 24.5 Å². The molecule has 1 amide bonds. The number of alkyl halides is 1. The van der Waals surface area contributed by atoms with Crippen molar-refractivity contribution in [2.24, 2.45) is 0 Å². The topological polar surface area (TPSA) is 76.1 Å². The average Bonchev–Trinajstić information content (AvgIpc) is 3.47. The second kappa shape index (κ2) is 8.06. The lowest BCUT2D eigenvalue weighted by atomic mass is 10.0. The highest BCUT2D eigenvalue weighted by Crippen LogP contribution is 2.41. The normalized spacial score (nSPS) is 20.2. The molecule has 2 fully saturated rings. The van der Waals surface area contributed by atoms with Crippen LogP contribution in [-0.4, -0.2) is 40.7 Å². The second-order valence-electron chi connectivity index (χ2n) is 8.01. The number of nitrogens with zero attached hydrogens (tertiary/aromatic N) is 2. The van der Waals surface area contributed by atoms with Crippen LogP contribution in [0.1, 0.15) is 43.5 Å². The minimum atomic E-state index is -1.72. The molecular formula is C22H27FN4O2. The van der Waals surface area contributed by atoms with Crippen LogP contribution in [0.3, 0.4) is 0 Å². The van der Waals surface area contributed by atoms with E-state index in [2.05, 4.69) is 20.6 Å². The van der Waals surface area contributed by atoms with Crippen molar-refractivity contribution < 1.29 is 13.9 Å². The van der Waals surface area contributed by atoms with Crippen molar-refractivity contribution in [3.8, 4) is 16.9 Å². The molecule has 0 spiro atoms. The summed E-state index contributed by atoms with van der Waals surface area (Å²) in [6.07, 6.45) is 5.60. The Labute approximate surface area is 170 Å². The molecule has 1 aliphatic carbocycles. The monoisotopic (exact) mass is 398 g/mol. The summed E-state index contributed by atoms with van der Waals surface area (Å²) in [5.41, 5.74) is 2.15. The number of aromatic nitrogens is 2. The van der Waals surface area contributed by atoms with Gasteiger partial charge in [-0.1, -0.05) is 6.42 Å². The lowest BCUT2D eigenvalue weighted by molar-refractivity contribution is -0.122. The Morgan fingerprint density at radius 3 is 2.69 bits per heavy atom. The smallest absolute Gasteiger partial charge is 0.262 e. The molecule has 0 radical (unpaired) electrons. The highest BCUT2D eigenvalue weighted by atomic mass is 19.1. The van der Waals surface area contributed by atoms with Crippen LogP contribution < -0.4 is 15.4 Å². The van der Waals surface area contributed by atoms with E-state index < -0.39 is 11.6 Å². The van der Waals surface area contributed by atoms with Crippen LogP contribution in [0.25, 0.3) is 11.1 Å². The molecule has 7 heteroatoms. The van der Waals surface area contributed by atoms with Crippen LogP contribution in [-0.2, 0) is 4.79 Å². The number of carbonyl (C=O) groups excluding carboxylic acids is 1. The molecule has 0 bridgehead atoms. The molecule has 6 nitrogen and oxygen atoms in total. The van der Waals surface area contributed by atoms with Gasteiger partial charge in [-0.25, -0.2) is 14.4 Å². The molecule has 2 heterocycles. The summed E-state index contributed by atoms with van der Waals surface area (Å²) in [6.45, 7) is 5.42. The predicted octanol–water partition coefficient (Wildman–Crippen LogP) is 3.72. The van der Waals surface area contributed by atoms with Crippen molar-refractivity contribution in [3.05, 3.63) is 35.9 Å². The van der Waals surface area contributed by atoms with Crippen LogP contribution in [0.4, 0.5) is 10.1 Å². The van der Waals surface area contributed by atoms with E-state index in [9.17, 15) is 9.18 Å². The zero-order chi connectivity index (χ0) is 20.4. The molecule has 2 aromatic rings. The molecule has 0 unspecified atom stereocenters. The van der Waals surface area contributed by atoms with Crippen molar-refractivity contribution in [1.29, 1.82) is 0 Å². The minimum absolute atomic E-state index is 0.284. The molecule has 154 valence electrons. The first kappa shape index (κ1) is 19.8. The molecule has 1 atom stereocenters. The van der Waals surface area contributed by atoms with E-state index in [0.717, 1.165) is 35.5 Å². The summed E-state index contributed by atoms with van der Waals surface area (Å²) < 4.78 is 20.2. The fourth-order valence-corrected chi connectivity index (χ4v) is 3.75. The third-order valence-corrected chi connectivity index (χ3v) is 5.68. The second-order valence-corrected chi connectivity index (χ2v) is 8.01. The van der Waals surface area contributed by atoms with Gasteiger partial charge in [0.2, 0.25) is 0 Å². The number of amides is 1. The highest BCUT2D eigenvalue weighted by molar-refractivity contribution is 6.00. The van der Waals surface area contributed by atoms with Crippen molar-refractivity contribution in [3.63, 3.8) is 0 Å². The Morgan fingerprint density at radius 2 is 2.03 bits per heavy atom. The Balaban J connectivity index is 1.63. The number of anilines is 1. The quantitative estimate of drug-likeness (QED) is 0.776. The van der Waals surface area contributed by atoms with Gasteiger partial charge in [-0.05, 0) is 64.3 Å². The number of hydrogen-bond donors (Lipinski definition) is 2. The molecule has 29 heavy (non-hydrogen) atoms. The zero-order valence-corrected chi connectivity index (χ0v) is 16.9. The van der Waals surface area contributed by atoms with Gasteiger partial charge < -0.3 is 15.4 Å². The van der Waals surface area contributed by atoms with E-state index in [1.54, 1.807) is 6.07 Å². The molecule has 1 aromatic heterocycles. The zero-order valence-electron chi connectivity index (χ0n) is 16.9. The summed E-state index contributed by atoms with van der Waals surface area (Å²) >= 11 is 0. The van der Waals surface area contributed by atoms with E-state index in [1.165, 1.54) is 19.2 Å². The molecular weight excluding hydrogens is 371 g/mol. The Bertz CT molecular complexity index is 887. The van der Waals surface area contributed by atoms with Crippen LogP contribution in [0, 0.1) is 13.8 Å². The first-order valence-electron chi connectivity index (χ1n) is 10.3. The maximum absolute atomic E-state index is 14.1. The summed E-state index contributed by atoms with van der Waals surface area (Å²) in [7, 11) is 0. The van der Waals surface area contributed by atoms with Crippen molar-refractivity contribution in [2.45, 2.75) is 57.7 Å². The maximum atomic E-state index is 14.1. The summed E-state index contributed by atoms with van der Waals surface area (Å²) in [4.78, 5) is 20.8. The van der Waals surface area contributed by atoms with Crippen LogP contribution in [0.2, 0.25) is 0 Å². The largest absolute Gasteiger partial charge is 0.491 e.